The van der Waals surface area contributed by atoms with E-state index in [2.05, 4.69) is 5.32 Å². The van der Waals surface area contributed by atoms with Crippen LogP contribution in [0.4, 0.5) is 5.69 Å². The van der Waals surface area contributed by atoms with Crippen LogP contribution >= 0.6 is 11.6 Å². The molecule has 70 valence electrons. The van der Waals surface area contributed by atoms with Crippen molar-refractivity contribution in [2.45, 2.75) is 12.3 Å². The zero-order valence-electron chi connectivity index (χ0n) is 7.12. The SMILES string of the molecule is C[C@H](Cl)C(=O)Nc1cccc(O)c1. The number of halogens is 1. The number of carbonyl (C=O) groups is 1. The quantitative estimate of drug-likeness (QED) is 0.716. The molecule has 1 atom stereocenters. The summed E-state index contributed by atoms with van der Waals surface area (Å²) >= 11 is 5.54. The predicted molar refractivity (Wildman–Crippen MR) is 52.1 cm³/mol. The standard InChI is InChI=1S/C9H10ClNO2/c1-6(10)9(13)11-7-3-2-4-8(12)5-7/h2-6,12H,1H3,(H,11,13)/t6-/m0/s1. The number of carbonyl (C=O) groups excluding carboxylic acids is 1. The molecule has 1 aromatic rings. The molecule has 3 nitrogen and oxygen atoms in total. The highest BCUT2D eigenvalue weighted by molar-refractivity contribution is 6.32. The van der Waals surface area contributed by atoms with Crippen molar-refractivity contribution in [2.75, 3.05) is 5.32 Å². The average molecular weight is 200 g/mol. The molecule has 0 radical (unpaired) electrons. The molecule has 0 aromatic heterocycles. The highest BCUT2D eigenvalue weighted by Crippen LogP contribution is 2.15. The van der Waals surface area contributed by atoms with E-state index < -0.39 is 5.38 Å². The van der Waals surface area contributed by atoms with Gasteiger partial charge in [0.1, 0.15) is 11.1 Å². The molecule has 0 bridgehead atoms. The number of amides is 1. The van der Waals surface area contributed by atoms with Gasteiger partial charge in [0.15, 0.2) is 0 Å². The topological polar surface area (TPSA) is 49.3 Å². The molecule has 0 saturated heterocycles. The van der Waals surface area contributed by atoms with Crippen molar-refractivity contribution in [3.8, 4) is 5.75 Å². The molecule has 1 rings (SSSR count). The van der Waals surface area contributed by atoms with Gasteiger partial charge in [0.25, 0.3) is 0 Å². The van der Waals surface area contributed by atoms with E-state index in [9.17, 15) is 4.79 Å². The first kappa shape index (κ1) is 9.86. The van der Waals surface area contributed by atoms with E-state index in [-0.39, 0.29) is 11.7 Å². The van der Waals surface area contributed by atoms with Crippen molar-refractivity contribution >= 4 is 23.2 Å². The zero-order valence-corrected chi connectivity index (χ0v) is 7.88. The number of alkyl halides is 1. The van der Waals surface area contributed by atoms with Gasteiger partial charge in [-0.25, -0.2) is 0 Å². The van der Waals surface area contributed by atoms with Crippen LogP contribution in [0.25, 0.3) is 0 Å². The highest BCUT2D eigenvalue weighted by Gasteiger charge is 2.08. The molecule has 0 aliphatic heterocycles. The van der Waals surface area contributed by atoms with Crippen LogP contribution in [0.3, 0.4) is 0 Å². The summed E-state index contributed by atoms with van der Waals surface area (Å²) in [6.45, 7) is 1.58. The molecular formula is C9H10ClNO2. The fourth-order valence-corrected chi connectivity index (χ4v) is 0.880. The van der Waals surface area contributed by atoms with Crippen LogP contribution in [0, 0.1) is 0 Å². The van der Waals surface area contributed by atoms with Crippen LogP contribution in [-0.2, 0) is 4.79 Å². The fourth-order valence-electron chi connectivity index (χ4n) is 0.825. The third-order valence-corrected chi connectivity index (χ3v) is 1.67. The lowest BCUT2D eigenvalue weighted by molar-refractivity contribution is -0.115. The summed E-state index contributed by atoms with van der Waals surface area (Å²) in [4.78, 5) is 11.1. The molecule has 0 heterocycles. The van der Waals surface area contributed by atoms with Gasteiger partial charge in [0, 0.05) is 11.8 Å². The predicted octanol–water partition coefficient (Wildman–Crippen LogP) is 1.96. The zero-order chi connectivity index (χ0) is 9.84. The van der Waals surface area contributed by atoms with Gasteiger partial charge >= 0.3 is 0 Å². The Morgan fingerprint density at radius 3 is 2.85 bits per heavy atom. The van der Waals surface area contributed by atoms with Gasteiger partial charge in [0.2, 0.25) is 5.91 Å². The number of hydrogen-bond donors (Lipinski definition) is 2. The van der Waals surface area contributed by atoms with Gasteiger partial charge in [0.05, 0.1) is 0 Å². The molecule has 0 unspecified atom stereocenters. The number of anilines is 1. The fraction of sp³-hybridized carbons (Fsp3) is 0.222. The van der Waals surface area contributed by atoms with E-state index in [1.165, 1.54) is 12.1 Å². The van der Waals surface area contributed by atoms with Crippen LogP contribution in [0.15, 0.2) is 24.3 Å². The minimum absolute atomic E-state index is 0.111. The summed E-state index contributed by atoms with van der Waals surface area (Å²) in [5.41, 5.74) is 0.539. The lowest BCUT2D eigenvalue weighted by atomic mass is 10.3. The van der Waals surface area contributed by atoms with E-state index in [0.29, 0.717) is 5.69 Å². The van der Waals surface area contributed by atoms with Crippen molar-refractivity contribution < 1.29 is 9.90 Å². The Kier molecular flexibility index (Phi) is 3.14. The molecule has 4 heteroatoms. The van der Waals surface area contributed by atoms with Gasteiger partial charge in [-0.15, -0.1) is 11.6 Å². The lowest BCUT2D eigenvalue weighted by Gasteiger charge is -2.05. The first-order chi connectivity index (χ1) is 6.09. The van der Waals surface area contributed by atoms with Crippen molar-refractivity contribution in [1.29, 1.82) is 0 Å². The number of phenols is 1. The maximum absolute atomic E-state index is 11.1. The average Bonchev–Trinajstić information content (AvgIpc) is 2.04. The summed E-state index contributed by atoms with van der Waals surface area (Å²) in [6, 6.07) is 6.30. The summed E-state index contributed by atoms with van der Waals surface area (Å²) < 4.78 is 0. The van der Waals surface area contributed by atoms with Crippen LogP contribution in [-0.4, -0.2) is 16.4 Å². The second kappa shape index (κ2) is 4.14. The molecule has 1 aromatic carbocycles. The third kappa shape index (κ3) is 2.95. The molecule has 0 saturated carbocycles. The number of benzene rings is 1. The number of rotatable bonds is 2. The van der Waals surface area contributed by atoms with E-state index in [4.69, 9.17) is 16.7 Å². The van der Waals surface area contributed by atoms with Crippen LogP contribution in [0.5, 0.6) is 5.75 Å². The monoisotopic (exact) mass is 199 g/mol. The Morgan fingerprint density at radius 1 is 1.62 bits per heavy atom. The Hall–Kier alpha value is -1.22. The van der Waals surface area contributed by atoms with Crippen molar-refractivity contribution in [2.24, 2.45) is 0 Å². The molecule has 13 heavy (non-hydrogen) atoms. The first-order valence-corrected chi connectivity index (χ1v) is 4.27. The van der Waals surface area contributed by atoms with Crippen LogP contribution < -0.4 is 5.32 Å². The number of nitrogens with one attached hydrogen (secondary N) is 1. The second-order valence-corrected chi connectivity index (χ2v) is 3.31. The largest absolute Gasteiger partial charge is 0.508 e. The molecule has 2 N–H and O–H groups in total. The minimum Gasteiger partial charge on any atom is -0.508 e. The molecular weight excluding hydrogens is 190 g/mol. The van der Waals surface area contributed by atoms with Crippen molar-refractivity contribution in [1.82, 2.24) is 0 Å². The Labute approximate surface area is 81.3 Å². The molecule has 0 aliphatic rings. The van der Waals surface area contributed by atoms with Gasteiger partial charge in [-0.3, -0.25) is 4.79 Å². The van der Waals surface area contributed by atoms with E-state index in [0.717, 1.165) is 0 Å². The Balaban J connectivity index is 2.69. The van der Waals surface area contributed by atoms with E-state index in [1.54, 1.807) is 19.1 Å². The number of aromatic hydroxyl groups is 1. The Bertz CT molecular complexity index is 312. The first-order valence-electron chi connectivity index (χ1n) is 3.83. The minimum atomic E-state index is -0.581. The number of phenolic OH excluding ortho intramolecular Hbond substituents is 1. The number of hydrogen-bond acceptors (Lipinski definition) is 2. The van der Waals surface area contributed by atoms with Crippen molar-refractivity contribution in [3.05, 3.63) is 24.3 Å². The van der Waals surface area contributed by atoms with E-state index in [1.807, 2.05) is 0 Å². The van der Waals surface area contributed by atoms with Crippen LogP contribution in [0.2, 0.25) is 0 Å². The molecule has 0 aliphatic carbocycles. The molecule has 0 fully saturated rings. The third-order valence-electron chi connectivity index (χ3n) is 1.47. The molecule has 0 spiro atoms. The normalized spacial score (nSPS) is 12.2. The highest BCUT2D eigenvalue weighted by atomic mass is 35.5. The van der Waals surface area contributed by atoms with Crippen molar-refractivity contribution in [3.63, 3.8) is 0 Å². The maximum atomic E-state index is 11.1. The van der Waals surface area contributed by atoms with Gasteiger partial charge in [-0.2, -0.15) is 0 Å². The summed E-state index contributed by atoms with van der Waals surface area (Å²) in [6.07, 6.45) is 0. The molecule has 1 amide bonds. The van der Waals surface area contributed by atoms with Gasteiger partial charge in [-0.1, -0.05) is 6.07 Å². The smallest absolute Gasteiger partial charge is 0.242 e. The summed E-state index contributed by atoms with van der Waals surface area (Å²) in [5, 5.41) is 11.1. The maximum Gasteiger partial charge on any atom is 0.242 e. The van der Waals surface area contributed by atoms with Gasteiger partial charge in [-0.05, 0) is 19.1 Å². The summed E-state index contributed by atoms with van der Waals surface area (Å²) in [7, 11) is 0. The Morgan fingerprint density at radius 2 is 2.31 bits per heavy atom. The summed E-state index contributed by atoms with van der Waals surface area (Å²) in [5.74, 6) is -0.174. The lowest BCUT2D eigenvalue weighted by Crippen LogP contribution is -2.20. The van der Waals surface area contributed by atoms with Gasteiger partial charge < -0.3 is 10.4 Å². The second-order valence-electron chi connectivity index (χ2n) is 2.66. The van der Waals surface area contributed by atoms with E-state index >= 15 is 0 Å². The van der Waals surface area contributed by atoms with Crippen LogP contribution in [0.1, 0.15) is 6.92 Å².